The van der Waals surface area contributed by atoms with Gasteiger partial charge in [-0.15, -0.1) is 0 Å². The van der Waals surface area contributed by atoms with E-state index in [2.05, 4.69) is 5.32 Å². The average Bonchev–Trinajstić information content (AvgIpc) is 2.92. The van der Waals surface area contributed by atoms with Gasteiger partial charge in [0.05, 0.1) is 13.0 Å². The predicted molar refractivity (Wildman–Crippen MR) is 152 cm³/mol. The molecule has 2 amide bonds. The second-order valence-electron chi connectivity index (χ2n) is 8.57. The van der Waals surface area contributed by atoms with Crippen LogP contribution in [0.25, 0.3) is 11.1 Å². The summed E-state index contributed by atoms with van der Waals surface area (Å²) in [5.41, 5.74) is 3.79. The summed E-state index contributed by atoms with van der Waals surface area (Å²) in [6, 6.07) is 28.6. The zero-order chi connectivity index (χ0) is 27.8. The smallest absolute Gasteiger partial charge is 0.420 e. The number of carboxylic acid groups (broad SMARTS) is 1. The van der Waals surface area contributed by atoms with Crippen molar-refractivity contribution in [1.82, 2.24) is 5.32 Å². The molecule has 0 saturated heterocycles. The Kier molecular flexibility index (Phi) is 9.20. The summed E-state index contributed by atoms with van der Waals surface area (Å²) in [7, 11) is 0. The standard InChI is InChI=1S/C30H24Cl2N2O5/c31-24-16-25(32)18-27(17-24)39-30(38)34(19-20-6-8-22(9-7-20)21-4-2-1-3-5-21)26-12-10-23(11-13-26)29(37)33-15-14-28(35)36/h1-13,16-18H,14-15,19H2,(H,33,37)(H,35,36). The summed E-state index contributed by atoms with van der Waals surface area (Å²) in [5.74, 6) is -1.23. The van der Waals surface area contributed by atoms with Crippen LogP contribution >= 0.6 is 23.2 Å². The highest BCUT2D eigenvalue weighted by Gasteiger charge is 2.20. The monoisotopic (exact) mass is 562 g/mol. The first kappa shape index (κ1) is 27.7. The Hall–Kier alpha value is -4.33. The summed E-state index contributed by atoms with van der Waals surface area (Å²) in [6.07, 6.45) is -0.848. The third kappa shape index (κ3) is 7.83. The lowest BCUT2D eigenvalue weighted by Crippen LogP contribution is -2.33. The number of halogens is 2. The molecule has 0 fully saturated rings. The van der Waals surface area contributed by atoms with Gasteiger partial charge >= 0.3 is 12.1 Å². The maximum Gasteiger partial charge on any atom is 0.420 e. The molecule has 4 aromatic rings. The van der Waals surface area contributed by atoms with Crippen LogP contribution in [0.15, 0.2) is 97.1 Å². The SMILES string of the molecule is O=C(O)CCNC(=O)c1ccc(N(Cc2ccc(-c3ccccc3)cc2)C(=O)Oc2cc(Cl)cc(Cl)c2)cc1. The number of nitrogens with zero attached hydrogens (tertiary/aromatic N) is 1. The van der Waals surface area contributed by atoms with Gasteiger partial charge in [0.2, 0.25) is 0 Å². The second kappa shape index (κ2) is 13.0. The minimum absolute atomic E-state index is 0.00946. The first-order valence-electron chi connectivity index (χ1n) is 12.0. The van der Waals surface area contributed by atoms with Crippen molar-refractivity contribution in [3.63, 3.8) is 0 Å². The Morgan fingerprint density at radius 1 is 0.795 bits per heavy atom. The molecular weight excluding hydrogens is 539 g/mol. The fourth-order valence-electron chi connectivity index (χ4n) is 3.80. The van der Waals surface area contributed by atoms with Crippen molar-refractivity contribution in [2.45, 2.75) is 13.0 Å². The number of hydrogen-bond acceptors (Lipinski definition) is 4. The van der Waals surface area contributed by atoms with E-state index in [0.717, 1.165) is 16.7 Å². The summed E-state index contributed by atoms with van der Waals surface area (Å²) in [4.78, 5) is 37.8. The number of benzene rings is 4. The van der Waals surface area contributed by atoms with Crippen LogP contribution in [0.2, 0.25) is 10.0 Å². The van der Waals surface area contributed by atoms with Gasteiger partial charge in [-0.2, -0.15) is 0 Å². The van der Waals surface area contributed by atoms with Gasteiger partial charge < -0.3 is 15.2 Å². The number of carbonyl (C=O) groups is 3. The average molecular weight is 563 g/mol. The van der Waals surface area contributed by atoms with Crippen molar-refractivity contribution >= 4 is 46.9 Å². The van der Waals surface area contributed by atoms with Gasteiger partial charge in [0.15, 0.2) is 0 Å². The van der Waals surface area contributed by atoms with Crippen molar-refractivity contribution < 1.29 is 24.2 Å². The minimum atomic E-state index is -1.00. The van der Waals surface area contributed by atoms with E-state index in [4.69, 9.17) is 33.0 Å². The fraction of sp³-hybridized carbons (Fsp3) is 0.100. The van der Waals surface area contributed by atoms with E-state index >= 15 is 0 Å². The van der Waals surface area contributed by atoms with Gasteiger partial charge in [0, 0.05) is 27.8 Å². The molecule has 0 aliphatic heterocycles. The van der Waals surface area contributed by atoms with Crippen LogP contribution in [0, 0.1) is 0 Å². The zero-order valence-electron chi connectivity index (χ0n) is 20.6. The molecule has 0 bridgehead atoms. The number of carboxylic acids is 1. The van der Waals surface area contributed by atoms with Crippen LogP contribution in [-0.4, -0.2) is 29.6 Å². The third-order valence-corrected chi connectivity index (χ3v) is 6.17. The van der Waals surface area contributed by atoms with Gasteiger partial charge in [-0.1, -0.05) is 77.8 Å². The number of nitrogens with one attached hydrogen (secondary N) is 1. The molecule has 198 valence electrons. The Morgan fingerprint density at radius 3 is 2.03 bits per heavy atom. The molecule has 2 N–H and O–H groups in total. The second-order valence-corrected chi connectivity index (χ2v) is 9.44. The Balaban J connectivity index is 1.56. The van der Waals surface area contributed by atoms with Crippen LogP contribution in [0.3, 0.4) is 0 Å². The highest BCUT2D eigenvalue weighted by molar-refractivity contribution is 6.34. The van der Waals surface area contributed by atoms with Gasteiger partial charge in [0.1, 0.15) is 5.75 Å². The van der Waals surface area contributed by atoms with Crippen molar-refractivity contribution in [3.05, 3.63) is 118 Å². The molecule has 0 heterocycles. The number of hydrogen-bond donors (Lipinski definition) is 2. The minimum Gasteiger partial charge on any atom is -0.481 e. The molecule has 0 radical (unpaired) electrons. The van der Waals surface area contributed by atoms with Gasteiger partial charge in [-0.25, -0.2) is 4.79 Å². The zero-order valence-corrected chi connectivity index (χ0v) is 22.2. The molecule has 0 aromatic heterocycles. The Labute approximate surface area is 235 Å². The first-order chi connectivity index (χ1) is 18.8. The topological polar surface area (TPSA) is 95.9 Å². The summed E-state index contributed by atoms with van der Waals surface area (Å²) < 4.78 is 5.59. The molecule has 39 heavy (non-hydrogen) atoms. The van der Waals surface area contributed by atoms with Crippen molar-refractivity contribution in [3.8, 4) is 16.9 Å². The number of aliphatic carboxylic acids is 1. The molecule has 0 spiro atoms. The lowest BCUT2D eigenvalue weighted by Gasteiger charge is -2.23. The number of anilines is 1. The van der Waals surface area contributed by atoms with Crippen LogP contribution in [0.1, 0.15) is 22.3 Å². The quantitative estimate of drug-likeness (QED) is 0.227. The van der Waals surface area contributed by atoms with Gasteiger partial charge in [-0.3, -0.25) is 14.5 Å². The largest absolute Gasteiger partial charge is 0.481 e. The van der Waals surface area contributed by atoms with Gasteiger partial charge in [0.25, 0.3) is 5.91 Å². The van der Waals surface area contributed by atoms with Crippen LogP contribution < -0.4 is 15.0 Å². The highest BCUT2D eigenvalue weighted by atomic mass is 35.5. The lowest BCUT2D eigenvalue weighted by atomic mass is 10.0. The number of amides is 2. The third-order valence-electron chi connectivity index (χ3n) is 5.73. The van der Waals surface area contributed by atoms with Crippen molar-refractivity contribution in [2.75, 3.05) is 11.4 Å². The van der Waals surface area contributed by atoms with Gasteiger partial charge in [-0.05, 0) is 59.2 Å². The normalized spacial score (nSPS) is 10.5. The van der Waals surface area contributed by atoms with Crippen molar-refractivity contribution in [1.29, 1.82) is 0 Å². The molecule has 7 nitrogen and oxygen atoms in total. The van der Waals surface area contributed by atoms with E-state index in [1.165, 1.54) is 23.1 Å². The van der Waals surface area contributed by atoms with E-state index in [9.17, 15) is 14.4 Å². The summed E-state index contributed by atoms with van der Waals surface area (Å²) in [6.45, 7) is 0.196. The molecular formula is C30H24Cl2N2O5. The Morgan fingerprint density at radius 2 is 1.41 bits per heavy atom. The predicted octanol–water partition coefficient (Wildman–Crippen LogP) is 7.07. The number of carbonyl (C=O) groups excluding carboxylic acids is 2. The highest BCUT2D eigenvalue weighted by Crippen LogP contribution is 2.27. The fourth-order valence-corrected chi connectivity index (χ4v) is 4.30. The Bertz CT molecular complexity index is 1440. The lowest BCUT2D eigenvalue weighted by molar-refractivity contribution is -0.136. The maximum atomic E-state index is 13.3. The summed E-state index contributed by atoms with van der Waals surface area (Å²) in [5, 5.41) is 12.0. The van der Waals surface area contributed by atoms with E-state index < -0.39 is 18.0 Å². The number of rotatable bonds is 9. The number of ether oxygens (including phenoxy) is 1. The van der Waals surface area contributed by atoms with Crippen LogP contribution in [-0.2, 0) is 11.3 Å². The molecule has 0 aliphatic carbocycles. The molecule has 4 rings (SSSR count). The molecule has 9 heteroatoms. The van der Waals surface area contributed by atoms with Crippen LogP contribution in [0.5, 0.6) is 5.75 Å². The molecule has 0 aliphatic rings. The van der Waals surface area contributed by atoms with E-state index in [1.807, 2.05) is 54.6 Å². The summed E-state index contributed by atoms with van der Waals surface area (Å²) >= 11 is 12.1. The van der Waals surface area contributed by atoms with Crippen molar-refractivity contribution in [2.24, 2.45) is 0 Å². The first-order valence-corrected chi connectivity index (χ1v) is 12.7. The maximum absolute atomic E-state index is 13.3. The van der Waals surface area contributed by atoms with E-state index in [0.29, 0.717) is 21.3 Å². The van der Waals surface area contributed by atoms with E-state index in [1.54, 1.807) is 24.3 Å². The van der Waals surface area contributed by atoms with E-state index in [-0.39, 0.29) is 25.3 Å². The van der Waals surface area contributed by atoms with Crippen LogP contribution in [0.4, 0.5) is 10.5 Å². The molecule has 0 unspecified atom stereocenters. The molecule has 0 atom stereocenters. The molecule has 0 saturated carbocycles. The molecule has 4 aromatic carbocycles.